The minimum atomic E-state index is -0.0671. The van der Waals surface area contributed by atoms with Gasteiger partial charge in [-0.1, -0.05) is 41.5 Å². The van der Waals surface area contributed by atoms with Gasteiger partial charge in [0, 0.05) is 4.87 Å². The maximum Gasteiger partial charge on any atom is 0.0474 e. The number of rotatable bonds is 4. The summed E-state index contributed by atoms with van der Waals surface area (Å²) < 4.78 is 0. The quantitative estimate of drug-likeness (QED) is 0.589. The molecular formula is C12H25Cl. The fraction of sp³-hybridized carbons (Fsp3) is 1.00. The Bertz CT molecular complexity index is 137. The van der Waals surface area contributed by atoms with Crippen molar-refractivity contribution in [2.24, 2.45) is 23.7 Å². The molecule has 0 radical (unpaired) electrons. The van der Waals surface area contributed by atoms with Crippen LogP contribution in [0.2, 0.25) is 0 Å². The van der Waals surface area contributed by atoms with E-state index in [1.807, 2.05) is 0 Å². The maximum absolute atomic E-state index is 6.63. The Morgan fingerprint density at radius 2 is 1.15 bits per heavy atom. The van der Waals surface area contributed by atoms with Crippen LogP contribution in [0.15, 0.2) is 0 Å². The van der Waals surface area contributed by atoms with E-state index in [0.29, 0.717) is 23.7 Å². The summed E-state index contributed by atoms with van der Waals surface area (Å²) in [6.45, 7) is 15.7. The normalized spacial score (nSPS) is 17.5. The Morgan fingerprint density at radius 3 is 1.23 bits per heavy atom. The van der Waals surface area contributed by atoms with E-state index >= 15 is 0 Å². The molecule has 13 heavy (non-hydrogen) atoms. The van der Waals surface area contributed by atoms with Crippen molar-refractivity contribution < 1.29 is 0 Å². The Kier molecular flexibility index (Phi) is 4.79. The van der Waals surface area contributed by atoms with Gasteiger partial charge in [-0.05, 0) is 30.6 Å². The van der Waals surface area contributed by atoms with E-state index in [0.717, 1.165) is 0 Å². The van der Waals surface area contributed by atoms with Crippen LogP contribution in [0.5, 0.6) is 0 Å². The van der Waals surface area contributed by atoms with Crippen molar-refractivity contribution in [1.82, 2.24) is 0 Å². The van der Waals surface area contributed by atoms with Crippen molar-refractivity contribution >= 4 is 11.6 Å². The van der Waals surface area contributed by atoms with Gasteiger partial charge in [-0.2, -0.15) is 0 Å². The number of alkyl halides is 1. The second-order valence-electron chi connectivity index (χ2n) is 5.32. The van der Waals surface area contributed by atoms with E-state index in [-0.39, 0.29) is 4.87 Å². The van der Waals surface area contributed by atoms with Crippen LogP contribution in [0.25, 0.3) is 0 Å². The molecule has 0 amide bonds. The minimum Gasteiger partial charge on any atom is -0.119 e. The number of hydrogen-bond donors (Lipinski definition) is 0. The summed E-state index contributed by atoms with van der Waals surface area (Å²) in [6.07, 6.45) is 0. The summed E-state index contributed by atoms with van der Waals surface area (Å²) in [5, 5.41) is 0. The zero-order valence-corrected chi connectivity index (χ0v) is 10.9. The van der Waals surface area contributed by atoms with Crippen molar-refractivity contribution in [3.05, 3.63) is 0 Å². The lowest BCUT2D eigenvalue weighted by Gasteiger charge is -2.41. The smallest absolute Gasteiger partial charge is 0.0474 e. The molecule has 0 spiro atoms. The molecule has 0 N–H and O–H groups in total. The first-order chi connectivity index (χ1) is 5.71. The molecule has 1 unspecified atom stereocenters. The average Bonchev–Trinajstić information content (AvgIpc) is 1.82. The first-order valence-corrected chi connectivity index (χ1v) is 5.78. The van der Waals surface area contributed by atoms with Crippen molar-refractivity contribution in [2.45, 2.75) is 53.3 Å². The van der Waals surface area contributed by atoms with Crippen molar-refractivity contribution in [3.63, 3.8) is 0 Å². The summed E-state index contributed by atoms with van der Waals surface area (Å²) >= 11 is 6.63. The highest BCUT2D eigenvalue weighted by Gasteiger charge is 2.38. The van der Waals surface area contributed by atoms with E-state index in [1.54, 1.807) is 0 Å². The second-order valence-corrected chi connectivity index (χ2v) is 6.13. The van der Waals surface area contributed by atoms with Crippen LogP contribution in [-0.4, -0.2) is 4.87 Å². The summed E-state index contributed by atoms with van der Waals surface area (Å²) in [4.78, 5) is -0.0671. The van der Waals surface area contributed by atoms with Gasteiger partial charge in [0.15, 0.2) is 0 Å². The predicted molar refractivity (Wildman–Crippen MR) is 62.3 cm³/mol. The zero-order chi connectivity index (χ0) is 10.8. The van der Waals surface area contributed by atoms with Crippen molar-refractivity contribution in [2.75, 3.05) is 0 Å². The average molecular weight is 205 g/mol. The van der Waals surface area contributed by atoms with Gasteiger partial charge in [0.25, 0.3) is 0 Å². The zero-order valence-electron chi connectivity index (χ0n) is 10.2. The second kappa shape index (κ2) is 4.68. The lowest BCUT2D eigenvalue weighted by atomic mass is 9.72. The Labute approximate surface area is 89.1 Å². The van der Waals surface area contributed by atoms with Gasteiger partial charge < -0.3 is 0 Å². The first kappa shape index (κ1) is 13.3. The first-order valence-electron chi connectivity index (χ1n) is 5.40. The molecule has 1 atom stereocenters. The van der Waals surface area contributed by atoms with Crippen LogP contribution in [0.1, 0.15) is 48.5 Å². The molecule has 0 nitrogen and oxygen atoms in total. The fourth-order valence-corrected chi connectivity index (χ4v) is 2.96. The SMILES string of the molecule is CC(C)C(C(C)C)C(C)(Cl)C(C)C. The summed E-state index contributed by atoms with van der Waals surface area (Å²) in [6, 6.07) is 0. The highest BCUT2D eigenvalue weighted by atomic mass is 35.5. The molecule has 0 aliphatic rings. The third kappa shape index (κ3) is 3.16. The molecule has 0 rings (SSSR count). The number of halogens is 1. The van der Waals surface area contributed by atoms with Crippen LogP contribution in [-0.2, 0) is 0 Å². The molecule has 0 aliphatic carbocycles. The predicted octanol–water partition coefficient (Wildman–Crippen LogP) is 4.57. The molecule has 0 saturated heterocycles. The standard InChI is InChI=1S/C12H25Cl/c1-8(2)11(9(3)4)12(7,13)10(5)6/h8-11H,1-7H3. The lowest BCUT2D eigenvalue weighted by Crippen LogP contribution is -2.40. The van der Waals surface area contributed by atoms with Crippen LogP contribution in [0, 0.1) is 23.7 Å². The molecule has 0 aromatic rings. The van der Waals surface area contributed by atoms with E-state index < -0.39 is 0 Å². The van der Waals surface area contributed by atoms with Crippen molar-refractivity contribution in [3.8, 4) is 0 Å². The van der Waals surface area contributed by atoms with E-state index in [2.05, 4.69) is 48.5 Å². The monoisotopic (exact) mass is 204 g/mol. The summed E-state index contributed by atoms with van der Waals surface area (Å²) in [5.41, 5.74) is 0. The minimum absolute atomic E-state index is 0.0671. The largest absolute Gasteiger partial charge is 0.119 e. The van der Waals surface area contributed by atoms with Crippen LogP contribution < -0.4 is 0 Å². The third-order valence-corrected chi connectivity index (χ3v) is 3.91. The van der Waals surface area contributed by atoms with Gasteiger partial charge >= 0.3 is 0 Å². The van der Waals surface area contributed by atoms with Gasteiger partial charge in [0.05, 0.1) is 0 Å². The molecule has 0 saturated carbocycles. The molecule has 0 aliphatic heterocycles. The topological polar surface area (TPSA) is 0 Å². The Hall–Kier alpha value is 0.290. The summed E-state index contributed by atoms with van der Waals surface area (Å²) in [5.74, 6) is 2.44. The van der Waals surface area contributed by atoms with Gasteiger partial charge in [0.2, 0.25) is 0 Å². The van der Waals surface area contributed by atoms with Crippen LogP contribution in [0.3, 0.4) is 0 Å². The van der Waals surface area contributed by atoms with Crippen LogP contribution >= 0.6 is 11.6 Å². The van der Waals surface area contributed by atoms with Crippen molar-refractivity contribution in [1.29, 1.82) is 0 Å². The highest BCUT2D eigenvalue weighted by Crippen LogP contribution is 2.41. The highest BCUT2D eigenvalue weighted by molar-refractivity contribution is 6.24. The molecular weight excluding hydrogens is 180 g/mol. The third-order valence-electron chi connectivity index (χ3n) is 3.22. The van der Waals surface area contributed by atoms with Crippen LogP contribution in [0.4, 0.5) is 0 Å². The van der Waals surface area contributed by atoms with Gasteiger partial charge in [-0.3, -0.25) is 0 Å². The Balaban J connectivity index is 4.73. The van der Waals surface area contributed by atoms with E-state index in [9.17, 15) is 0 Å². The molecule has 0 fully saturated rings. The number of hydrogen-bond acceptors (Lipinski definition) is 0. The molecule has 0 aromatic heterocycles. The van der Waals surface area contributed by atoms with Gasteiger partial charge in [-0.15, -0.1) is 11.6 Å². The summed E-state index contributed by atoms with van der Waals surface area (Å²) in [7, 11) is 0. The van der Waals surface area contributed by atoms with E-state index in [1.165, 1.54) is 0 Å². The molecule has 0 aromatic carbocycles. The lowest BCUT2D eigenvalue weighted by molar-refractivity contribution is 0.182. The van der Waals surface area contributed by atoms with Gasteiger partial charge in [-0.25, -0.2) is 0 Å². The van der Waals surface area contributed by atoms with Gasteiger partial charge in [0.1, 0.15) is 0 Å². The molecule has 0 heterocycles. The van der Waals surface area contributed by atoms with E-state index in [4.69, 9.17) is 11.6 Å². The molecule has 1 heteroatoms. The molecule has 0 bridgehead atoms. The fourth-order valence-electron chi connectivity index (χ4n) is 2.46. The Morgan fingerprint density at radius 1 is 0.846 bits per heavy atom. The maximum atomic E-state index is 6.63. The molecule has 80 valence electrons.